The summed E-state index contributed by atoms with van der Waals surface area (Å²) in [6.07, 6.45) is 4.34. The van der Waals surface area contributed by atoms with E-state index in [0.717, 1.165) is 12.8 Å². The van der Waals surface area contributed by atoms with Crippen LogP contribution in [0, 0.1) is 20.3 Å². The molecule has 1 aliphatic rings. The molecule has 1 nitrogen and oxygen atoms in total. The molecule has 0 radical (unpaired) electrons. The third-order valence-corrected chi connectivity index (χ3v) is 1.79. The number of hydrogen-bond acceptors (Lipinski definition) is 1. The maximum Gasteiger partial charge on any atom is 0.197 e. The molecule has 1 rings (SSSR count). The van der Waals surface area contributed by atoms with Crippen molar-refractivity contribution in [3.63, 3.8) is 0 Å². The highest BCUT2D eigenvalue weighted by atomic mass is 15.0. The Morgan fingerprint density at radius 3 is 1.80 bits per heavy atom. The van der Waals surface area contributed by atoms with Crippen LogP contribution in [0.25, 0.3) is 0 Å². The maximum atomic E-state index is 4.04. The second kappa shape index (κ2) is 2.03. The molecule has 0 spiro atoms. The van der Waals surface area contributed by atoms with Crippen molar-refractivity contribution in [1.82, 2.24) is 5.32 Å². The van der Waals surface area contributed by atoms with Crippen molar-refractivity contribution in [2.75, 3.05) is 0 Å². The Labute approximate surface area is 64.2 Å². The highest BCUT2D eigenvalue weighted by molar-refractivity contribution is 5.06. The number of hydrogen-bond donors (Lipinski definition) is 1. The SMILES string of the molecule is [CH2+]C1(C)C[CH+]CC([CH2+])(C)N1. The zero-order valence-electron chi connectivity index (χ0n) is 6.91. The van der Waals surface area contributed by atoms with Gasteiger partial charge in [0.25, 0.3) is 0 Å². The van der Waals surface area contributed by atoms with Crippen LogP contribution in [0.5, 0.6) is 0 Å². The third kappa shape index (κ3) is 1.77. The van der Waals surface area contributed by atoms with E-state index in [1.807, 2.05) is 0 Å². The first-order chi connectivity index (χ1) is 4.41. The standard InChI is InChI=1S/C9H16N/c1-8(2)6-5-7-9(3,4)10-8/h5,10H,1,3,6-7H2,2,4H3/q+3. The van der Waals surface area contributed by atoms with Crippen molar-refractivity contribution < 1.29 is 0 Å². The monoisotopic (exact) mass is 138 g/mol. The van der Waals surface area contributed by atoms with Crippen LogP contribution in [-0.2, 0) is 0 Å². The van der Waals surface area contributed by atoms with Gasteiger partial charge < -0.3 is 0 Å². The Morgan fingerprint density at radius 1 is 1.20 bits per heavy atom. The minimum absolute atomic E-state index is 0.00521. The maximum absolute atomic E-state index is 4.04. The number of nitrogens with one attached hydrogen (secondary N) is 1. The molecule has 2 atom stereocenters. The van der Waals surface area contributed by atoms with Crippen molar-refractivity contribution in [3.8, 4) is 0 Å². The van der Waals surface area contributed by atoms with Crippen LogP contribution in [0.2, 0.25) is 0 Å². The van der Waals surface area contributed by atoms with Gasteiger partial charge in [0.05, 0.1) is 20.3 Å². The Balaban J connectivity index is 2.56. The predicted molar refractivity (Wildman–Crippen MR) is 44.2 cm³/mol. The molecule has 1 saturated heterocycles. The molecule has 0 aromatic heterocycles. The summed E-state index contributed by atoms with van der Waals surface area (Å²) < 4.78 is 0. The summed E-state index contributed by atoms with van der Waals surface area (Å²) in [5.74, 6) is 0. The first-order valence-corrected chi connectivity index (χ1v) is 3.73. The molecule has 0 bridgehead atoms. The van der Waals surface area contributed by atoms with E-state index in [4.69, 9.17) is 0 Å². The molecule has 54 valence electrons. The van der Waals surface area contributed by atoms with Gasteiger partial charge >= 0.3 is 0 Å². The molecular weight excluding hydrogens is 122 g/mol. The van der Waals surface area contributed by atoms with Gasteiger partial charge in [-0.25, -0.2) is 5.32 Å². The lowest BCUT2D eigenvalue weighted by molar-refractivity contribution is 0.265. The van der Waals surface area contributed by atoms with E-state index in [2.05, 4.69) is 39.4 Å². The molecule has 10 heavy (non-hydrogen) atoms. The van der Waals surface area contributed by atoms with E-state index >= 15 is 0 Å². The lowest BCUT2D eigenvalue weighted by atomic mass is 9.83. The Hall–Kier alpha value is -0.430. The molecule has 0 aromatic rings. The highest BCUT2D eigenvalue weighted by Gasteiger charge is 2.46. The molecule has 0 aliphatic carbocycles. The van der Waals surface area contributed by atoms with E-state index in [9.17, 15) is 0 Å². The largest absolute Gasteiger partial charge is 0.223 e. The summed E-state index contributed by atoms with van der Waals surface area (Å²) in [4.78, 5) is 0. The topological polar surface area (TPSA) is 12.0 Å². The van der Waals surface area contributed by atoms with E-state index in [1.165, 1.54) is 0 Å². The first-order valence-electron chi connectivity index (χ1n) is 3.73. The summed E-state index contributed by atoms with van der Waals surface area (Å²) in [6, 6.07) is 0. The quantitative estimate of drug-likeness (QED) is 0.503. The second-order valence-electron chi connectivity index (χ2n) is 3.94. The van der Waals surface area contributed by atoms with E-state index in [-0.39, 0.29) is 11.1 Å². The van der Waals surface area contributed by atoms with Crippen molar-refractivity contribution in [2.24, 2.45) is 0 Å². The van der Waals surface area contributed by atoms with Crippen molar-refractivity contribution in [1.29, 1.82) is 0 Å². The lowest BCUT2D eigenvalue weighted by Crippen LogP contribution is -2.55. The minimum Gasteiger partial charge on any atom is -0.223 e. The van der Waals surface area contributed by atoms with Gasteiger partial charge in [-0.2, -0.15) is 0 Å². The number of piperidine rings is 1. The molecular formula is C9H16N+3. The second-order valence-corrected chi connectivity index (χ2v) is 3.94. The van der Waals surface area contributed by atoms with Crippen LogP contribution in [0.15, 0.2) is 0 Å². The predicted octanol–water partition coefficient (Wildman–Crippen LogP) is 1.76. The van der Waals surface area contributed by atoms with Crippen molar-refractivity contribution >= 4 is 0 Å². The van der Waals surface area contributed by atoms with Crippen LogP contribution in [0.4, 0.5) is 0 Å². The zero-order chi connectivity index (χ0) is 7.83. The van der Waals surface area contributed by atoms with Crippen LogP contribution >= 0.6 is 0 Å². The van der Waals surface area contributed by atoms with E-state index in [1.54, 1.807) is 0 Å². The van der Waals surface area contributed by atoms with Gasteiger partial charge in [-0.05, 0) is 0 Å². The zero-order valence-corrected chi connectivity index (χ0v) is 6.91. The van der Waals surface area contributed by atoms with E-state index in [0.29, 0.717) is 0 Å². The third-order valence-electron chi connectivity index (χ3n) is 1.79. The molecule has 1 heteroatoms. The molecule has 1 N–H and O–H groups in total. The summed E-state index contributed by atoms with van der Waals surface area (Å²) in [7, 11) is 0. The smallest absolute Gasteiger partial charge is 0.197 e. The molecule has 0 amide bonds. The van der Waals surface area contributed by atoms with Gasteiger partial charge in [0.15, 0.2) is 11.1 Å². The highest BCUT2D eigenvalue weighted by Crippen LogP contribution is 2.26. The lowest BCUT2D eigenvalue weighted by Gasteiger charge is -2.27. The van der Waals surface area contributed by atoms with Gasteiger partial charge in [0.1, 0.15) is 12.8 Å². The molecule has 2 unspecified atom stereocenters. The van der Waals surface area contributed by atoms with Gasteiger partial charge in [0.2, 0.25) is 0 Å². The first kappa shape index (κ1) is 7.67. The Kier molecular flexibility index (Phi) is 1.55. The van der Waals surface area contributed by atoms with Crippen molar-refractivity contribution in [3.05, 3.63) is 20.3 Å². The molecule has 1 heterocycles. The normalized spacial score (nSPS) is 48.2. The van der Waals surface area contributed by atoms with Crippen LogP contribution < -0.4 is 5.32 Å². The summed E-state index contributed by atoms with van der Waals surface area (Å²) >= 11 is 0. The van der Waals surface area contributed by atoms with Crippen LogP contribution in [-0.4, -0.2) is 11.1 Å². The van der Waals surface area contributed by atoms with Crippen LogP contribution in [0.3, 0.4) is 0 Å². The molecule has 1 fully saturated rings. The fourth-order valence-corrected chi connectivity index (χ4v) is 1.54. The summed E-state index contributed by atoms with van der Waals surface area (Å²) in [6.45, 7) is 12.3. The summed E-state index contributed by atoms with van der Waals surface area (Å²) in [5, 5.41) is 3.38. The Morgan fingerprint density at radius 2 is 1.60 bits per heavy atom. The average Bonchev–Trinajstić information content (AvgIpc) is 1.56. The molecule has 0 aromatic carbocycles. The van der Waals surface area contributed by atoms with Gasteiger partial charge in [-0.3, -0.25) is 0 Å². The minimum atomic E-state index is -0.00521. The van der Waals surface area contributed by atoms with Gasteiger partial charge in [-0.1, -0.05) is 0 Å². The van der Waals surface area contributed by atoms with Gasteiger partial charge in [0, 0.05) is 13.8 Å². The summed E-state index contributed by atoms with van der Waals surface area (Å²) in [5.41, 5.74) is -0.0104. The Bertz CT molecular complexity index is 111. The van der Waals surface area contributed by atoms with Crippen molar-refractivity contribution in [2.45, 2.75) is 37.8 Å². The van der Waals surface area contributed by atoms with Crippen LogP contribution in [0.1, 0.15) is 26.7 Å². The fraction of sp³-hybridized carbons (Fsp3) is 0.667. The molecule has 0 saturated carbocycles. The molecule has 1 aliphatic heterocycles. The fourth-order valence-electron chi connectivity index (χ4n) is 1.54. The average molecular weight is 138 g/mol. The van der Waals surface area contributed by atoms with E-state index < -0.39 is 0 Å². The van der Waals surface area contributed by atoms with Gasteiger partial charge in [-0.15, -0.1) is 0 Å². The number of rotatable bonds is 0.